The maximum Gasteiger partial charge on any atom is 0.0722 e. The van der Waals surface area contributed by atoms with Crippen molar-refractivity contribution >= 4 is 0 Å². The van der Waals surface area contributed by atoms with E-state index in [4.69, 9.17) is 4.74 Å². The fourth-order valence-electron chi connectivity index (χ4n) is 3.02. The SMILES string of the molecule is c1cc2c(c(CC3CCCCN3)c1)COCC2. The molecule has 1 unspecified atom stereocenters. The third kappa shape index (κ3) is 2.53. The second-order valence-corrected chi connectivity index (χ2v) is 5.21. The van der Waals surface area contributed by atoms with Gasteiger partial charge in [-0.15, -0.1) is 0 Å². The summed E-state index contributed by atoms with van der Waals surface area (Å²) in [6, 6.07) is 7.43. The molecule has 2 aliphatic heterocycles. The minimum absolute atomic E-state index is 0.678. The van der Waals surface area contributed by atoms with Crippen LogP contribution < -0.4 is 5.32 Å². The lowest BCUT2D eigenvalue weighted by molar-refractivity contribution is 0.110. The number of rotatable bonds is 2. The molecule has 3 rings (SSSR count). The second kappa shape index (κ2) is 5.19. The van der Waals surface area contributed by atoms with Gasteiger partial charge in [0.2, 0.25) is 0 Å². The Morgan fingerprint density at radius 3 is 3.18 bits per heavy atom. The summed E-state index contributed by atoms with van der Waals surface area (Å²) in [4.78, 5) is 0. The fraction of sp³-hybridized carbons (Fsp3) is 0.600. The standard InChI is InChI=1S/C15H21NO/c1-2-8-16-14(6-1)10-13-5-3-4-12-7-9-17-11-15(12)13/h3-5,14,16H,1-2,6-11H2. The number of fused-ring (bicyclic) bond motifs is 1. The van der Waals surface area contributed by atoms with Crippen LogP contribution in [-0.2, 0) is 24.2 Å². The molecule has 1 saturated heterocycles. The highest BCUT2D eigenvalue weighted by molar-refractivity contribution is 5.36. The number of hydrogen-bond donors (Lipinski definition) is 1. The zero-order valence-corrected chi connectivity index (χ0v) is 10.4. The summed E-state index contributed by atoms with van der Waals surface area (Å²) in [5.41, 5.74) is 4.47. The van der Waals surface area contributed by atoms with Gasteiger partial charge in [-0.1, -0.05) is 24.6 Å². The second-order valence-electron chi connectivity index (χ2n) is 5.21. The monoisotopic (exact) mass is 231 g/mol. The Balaban J connectivity index is 1.77. The molecule has 0 aromatic heterocycles. The zero-order valence-electron chi connectivity index (χ0n) is 10.4. The van der Waals surface area contributed by atoms with Crippen LogP contribution in [0.25, 0.3) is 0 Å². The maximum absolute atomic E-state index is 5.61. The van der Waals surface area contributed by atoms with Crippen molar-refractivity contribution in [3.05, 3.63) is 34.9 Å². The highest BCUT2D eigenvalue weighted by Crippen LogP contribution is 2.23. The lowest BCUT2D eigenvalue weighted by Gasteiger charge is -2.26. The predicted molar refractivity (Wildman–Crippen MR) is 69.1 cm³/mol. The molecule has 2 aliphatic rings. The molecule has 17 heavy (non-hydrogen) atoms. The van der Waals surface area contributed by atoms with Gasteiger partial charge in [0.1, 0.15) is 0 Å². The molecule has 1 aromatic carbocycles. The molecule has 0 bridgehead atoms. The van der Waals surface area contributed by atoms with Gasteiger partial charge in [0.05, 0.1) is 13.2 Å². The van der Waals surface area contributed by atoms with Crippen LogP contribution in [0.15, 0.2) is 18.2 Å². The van der Waals surface area contributed by atoms with E-state index in [1.165, 1.54) is 48.9 Å². The lowest BCUT2D eigenvalue weighted by Crippen LogP contribution is -2.36. The van der Waals surface area contributed by atoms with Crippen LogP contribution in [0, 0.1) is 0 Å². The van der Waals surface area contributed by atoms with Gasteiger partial charge in [-0.3, -0.25) is 0 Å². The summed E-state index contributed by atoms with van der Waals surface area (Å²) in [6.07, 6.45) is 6.30. The van der Waals surface area contributed by atoms with Gasteiger partial charge < -0.3 is 10.1 Å². The van der Waals surface area contributed by atoms with Gasteiger partial charge in [0.15, 0.2) is 0 Å². The van der Waals surface area contributed by atoms with Gasteiger partial charge >= 0.3 is 0 Å². The summed E-state index contributed by atoms with van der Waals surface area (Å²) in [6.45, 7) is 2.90. The molecule has 2 nitrogen and oxygen atoms in total. The topological polar surface area (TPSA) is 21.3 Å². The Morgan fingerprint density at radius 1 is 1.29 bits per heavy atom. The summed E-state index contributed by atoms with van der Waals surface area (Å²) >= 11 is 0. The highest BCUT2D eigenvalue weighted by Gasteiger charge is 2.17. The molecular formula is C15H21NO. The Labute approximate surface area is 103 Å². The quantitative estimate of drug-likeness (QED) is 0.844. The van der Waals surface area contributed by atoms with Crippen LogP contribution in [0.4, 0.5) is 0 Å². The van der Waals surface area contributed by atoms with E-state index >= 15 is 0 Å². The van der Waals surface area contributed by atoms with Gasteiger partial charge in [-0.05, 0) is 48.9 Å². The van der Waals surface area contributed by atoms with Crippen molar-refractivity contribution in [3.8, 4) is 0 Å². The number of nitrogens with one attached hydrogen (secondary N) is 1. The van der Waals surface area contributed by atoms with E-state index in [0.717, 1.165) is 19.6 Å². The highest BCUT2D eigenvalue weighted by atomic mass is 16.5. The van der Waals surface area contributed by atoms with Crippen molar-refractivity contribution in [2.75, 3.05) is 13.2 Å². The largest absolute Gasteiger partial charge is 0.376 e. The first-order valence-electron chi connectivity index (χ1n) is 6.84. The van der Waals surface area contributed by atoms with Crippen LogP contribution in [0.3, 0.4) is 0 Å². The molecule has 2 heteroatoms. The molecule has 1 fully saturated rings. The number of ether oxygens (including phenoxy) is 1. The summed E-state index contributed by atoms with van der Waals surface area (Å²) in [7, 11) is 0. The Morgan fingerprint density at radius 2 is 2.29 bits per heavy atom. The first-order valence-corrected chi connectivity index (χ1v) is 6.84. The van der Waals surface area contributed by atoms with Crippen molar-refractivity contribution in [2.45, 2.75) is 44.8 Å². The molecule has 0 spiro atoms. The molecule has 1 aromatic rings. The van der Waals surface area contributed by atoms with Crippen LogP contribution in [-0.4, -0.2) is 19.2 Å². The maximum atomic E-state index is 5.61. The van der Waals surface area contributed by atoms with Crippen LogP contribution >= 0.6 is 0 Å². The molecule has 0 aliphatic carbocycles. The number of piperidine rings is 1. The van der Waals surface area contributed by atoms with Gasteiger partial charge in [0, 0.05) is 6.04 Å². The number of benzene rings is 1. The predicted octanol–water partition coefficient (Wildman–Crippen LogP) is 2.44. The number of hydrogen-bond acceptors (Lipinski definition) is 2. The lowest BCUT2D eigenvalue weighted by atomic mass is 9.91. The van der Waals surface area contributed by atoms with Crippen molar-refractivity contribution in [3.63, 3.8) is 0 Å². The van der Waals surface area contributed by atoms with Gasteiger partial charge in [-0.25, -0.2) is 0 Å². The minimum Gasteiger partial charge on any atom is -0.376 e. The molecule has 0 radical (unpaired) electrons. The van der Waals surface area contributed by atoms with Crippen molar-refractivity contribution in [1.82, 2.24) is 5.32 Å². The van der Waals surface area contributed by atoms with Crippen LogP contribution in [0.1, 0.15) is 36.0 Å². The summed E-state index contributed by atoms with van der Waals surface area (Å²) in [5, 5.41) is 3.63. The fourth-order valence-corrected chi connectivity index (χ4v) is 3.02. The molecule has 0 amide bonds. The molecule has 1 atom stereocenters. The van der Waals surface area contributed by atoms with E-state index in [1.54, 1.807) is 0 Å². The average Bonchev–Trinajstić information content (AvgIpc) is 2.40. The van der Waals surface area contributed by atoms with Gasteiger partial charge in [0.25, 0.3) is 0 Å². The Hall–Kier alpha value is -0.860. The van der Waals surface area contributed by atoms with Crippen molar-refractivity contribution in [2.24, 2.45) is 0 Å². The molecule has 0 saturated carbocycles. The summed E-state index contributed by atoms with van der Waals surface area (Å²) in [5.74, 6) is 0. The normalized spacial score (nSPS) is 24.4. The first-order chi connectivity index (χ1) is 8.43. The van der Waals surface area contributed by atoms with E-state index in [1.807, 2.05) is 0 Å². The van der Waals surface area contributed by atoms with Gasteiger partial charge in [-0.2, -0.15) is 0 Å². The van der Waals surface area contributed by atoms with Crippen LogP contribution in [0.2, 0.25) is 0 Å². The Bertz CT molecular complexity index is 383. The van der Waals surface area contributed by atoms with Crippen molar-refractivity contribution < 1.29 is 4.74 Å². The van der Waals surface area contributed by atoms with Crippen molar-refractivity contribution in [1.29, 1.82) is 0 Å². The van der Waals surface area contributed by atoms with E-state index in [-0.39, 0.29) is 0 Å². The molecule has 2 heterocycles. The molecular weight excluding hydrogens is 210 g/mol. The zero-order chi connectivity index (χ0) is 11.5. The third-order valence-electron chi connectivity index (χ3n) is 4.01. The third-order valence-corrected chi connectivity index (χ3v) is 4.01. The van der Waals surface area contributed by atoms with E-state index in [9.17, 15) is 0 Å². The van der Waals surface area contributed by atoms with Crippen LogP contribution in [0.5, 0.6) is 0 Å². The van der Waals surface area contributed by atoms with E-state index in [2.05, 4.69) is 23.5 Å². The first kappa shape index (κ1) is 11.2. The average molecular weight is 231 g/mol. The molecule has 92 valence electrons. The van der Waals surface area contributed by atoms with E-state index in [0.29, 0.717) is 6.04 Å². The van der Waals surface area contributed by atoms with E-state index < -0.39 is 0 Å². The molecule has 1 N–H and O–H groups in total. The smallest absolute Gasteiger partial charge is 0.0722 e. The minimum atomic E-state index is 0.678. The summed E-state index contributed by atoms with van der Waals surface area (Å²) < 4.78 is 5.61. The Kier molecular flexibility index (Phi) is 3.44.